The standard InChI is InChI=1S/C13H14N2O4S/c16-15-9-4-5-12(11-15)13(6-10-20(17,18)19)14-7-2-1-3-8-14/h1-5,7-9,11,13H,6,10H2/p+1. The van der Waals surface area contributed by atoms with Gasteiger partial charge in [-0.25, -0.2) is 0 Å². The summed E-state index contributed by atoms with van der Waals surface area (Å²) in [6.45, 7) is 0. The third-order valence-electron chi connectivity index (χ3n) is 2.93. The van der Waals surface area contributed by atoms with Gasteiger partial charge in [0.1, 0.15) is 0 Å². The highest BCUT2D eigenvalue weighted by molar-refractivity contribution is 7.85. The minimum Gasteiger partial charge on any atom is -0.619 e. The zero-order valence-electron chi connectivity index (χ0n) is 10.7. The maximum atomic E-state index is 11.4. The Balaban J connectivity index is 2.34. The van der Waals surface area contributed by atoms with Gasteiger partial charge in [-0.3, -0.25) is 4.55 Å². The Kier molecular flexibility index (Phi) is 4.31. The van der Waals surface area contributed by atoms with Gasteiger partial charge in [0.2, 0.25) is 0 Å². The summed E-state index contributed by atoms with van der Waals surface area (Å²) >= 11 is 0. The summed E-state index contributed by atoms with van der Waals surface area (Å²) in [4.78, 5) is 0. The molecule has 1 N–H and O–H groups in total. The van der Waals surface area contributed by atoms with Crippen molar-refractivity contribution >= 4 is 10.1 Å². The van der Waals surface area contributed by atoms with Gasteiger partial charge in [0.15, 0.2) is 30.8 Å². The highest BCUT2D eigenvalue weighted by Gasteiger charge is 2.24. The third-order valence-corrected chi connectivity index (χ3v) is 3.68. The van der Waals surface area contributed by atoms with Crippen molar-refractivity contribution in [3.63, 3.8) is 0 Å². The van der Waals surface area contributed by atoms with Crippen molar-refractivity contribution < 1.29 is 22.3 Å². The van der Waals surface area contributed by atoms with Crippen LogP contribution in [0, 0.1) is 5.21 Å². The molecule has 2 aromatic rings. The highest BCUT2D eigenvalue weighted by atomic mass is 32.2. The molecule has 0 saturated heterocycles. The lowest BCUT2D eigenvalue weighted by Crippen LogP contribution is -2.41. The molecule has 0 fully saturated rings. The predicted octanol–water partition coefficient (Wildman–Crippen LogP) is 0.475. The van der Waals surface area contributed by atoms with E-state index in [9.17, 15) is 13.6 Å². The van der Waals surface area contributed by atoms with E-state index < -0.39 is 10.1 Å². The number of rotatable bonds is 5. The van der Waals surface area contributed by atoms with Gasteiger partial charge in [-0.1, -0.05) is 6.07 Å². The molecule has 7 heteroatoms. The molecular formula is C13H15N2O4S+. The van der Waals surface area contributed by atoms with Gasteiger partial charge in [-0.05, 0) is 6.07 Å². The second-order valence-electron chi connectivity index (χ2n) is 4.41. The molecule has 1 unspecified atom stereocenters. The zero-order valence-corrected chi connectivity index (χ0v) is 11.5. The Morgan fingerprint density at radius 1 is 1.15 bits per heavy atom. The van der Waals surface area contributed by atoms with E-state index in [-0.39, 0.29) is 18.2 Å². The van der Waals surface area contributed by atoms with Crippen LogP contribution >= 0.6 is 0 Å². The van der Waals surface area contributed by atoms with Gasteiger partial charge < -0.3 is 5.21 Å². The molecule has 0 aliphatic rings. The van der Waals surface area contributed by atoms with E-state index in [0.29, 0.717) is 10.3 Å². The molecule has 2 rings (SSSR count). The van der Waals surface area contributed by atoms with Gasteiger partial charge in [0.05, 0.1) is 11.3 Å². The molecule has 0 radical (unpaired) electrons. The van der Waals surface area contributed by atoms with Gasteiger partial charge in [-0.2, -0.15) is 17.7 Å². The van der Waals surface area contributed by atoms with Gasteiger partial charge in [-0.15, -0.1) is 0 Å². The molecule has 1 atom stereocenters. The smallest absolute Gasteiger partial charge is 0.265 e. The number of pyridine rings is 2. The maximum absolute atomic E-state index is 11.4. The fourth-order valence-electron chi connectivity index (χ4n) is 2.04. The van der Waals surface area contributed by atoms with Crippen LogP contribution in [-0.2, 0) is 10.1 Å². The van der Waals surface area contributed by atoms with Gasteiger partial charge in [0, 0.05) is 24.6 Å². The monoisotopic (exact) mass is 295 g/mol. The fraction of sp³-hybridized carbons (Fsp3) is 0.231. The van der Waals surface area contributed by atoms with Crippen molar-refractivity contribution in [1.82, 2.24) is 0 Å². The minimum absolute atomic E-state index is 0.178. The van der Waals surface area contributed by atoms with Crippen LogP contribution in [0.3, 0.4) is 0 Å². The van der Waals surface area contributed by atoms with Crippen molar-refractivity contribution in [1.29, 1.82) is 0 Å². The summed E-state index contributed by atoms with van der Waals surface area (Å²) in [6, 6.07) is 8.49. The van der Waals surface area contributed by atoms with Crippen LogP contribution < -0.4 is 9.30 Å². The number of nitrogens with zero attached hydrogens (tertiary/aromatic N) is 2. The van der Waals surface area contributed by atoms with Crippen molar-refractivity contribution in [2.75, 3.05) is 5.75 Å². The summed E-state index contributed by atoms with van der Waals surface area (Å²) in [5.41, 5.74) is 0.683. The predicted molar refractivity (Wildman–Crippen MR) is 71.2 cm³/mol. The van der Waals surface area contributed by atoms with Crippen molar-refractivity contribution in [2.45, 2.75) is 12.5 Å². The summed E-state index contributed by atoms with van der Waals surface area (Å²) < 4.78 is 33.3. The van der Waals surface area contributed by atoms with Crippen LogP contribution in [0.2, 0.25) is 0 Å². The summed E-state index contributed by atoms with van der Waals surface area (Å²) in [6.07, 6.45) is 6.51. The molecule has 106 valence electrons. The lowest BCUT2D eigenvalue weighted by atomic mass is 10.1. The lowest BCUT2D eigenvalue weighted by molar-refractivity contribution is -0.715. The van der Waals surface area contributed by atoms with Gasteiger partial charge >= 0.3 is 0 Å². The summed E-state index contributed by atoms with van der Waals surface area (Å²) in [7, 11) is -4.04. The first-order valence-corrected chi connectivity index (χ1v) is 7.66. The van der Waals surface area contributed by atoms with Crippen molar-refractivity contribution in [3.8, 4) is 0 Å². The first-order valence-electron chi connectivity index (χ1n) is 6.05. The molecule has 2 aromatic heterocycles. The van der Waals surface area contributed by atoms with E-state index in [1.54, 1.807) is 29.1 Å². The van der Waals surface area contributed by atoms with Crippen LogP contribution in [0.15, 0.2) is 55.1 Å². The van der Waals surface area contributed by atoms with E-state index in [0.717, 1.165) is 0 Å². The number of aromatic nitrogens is 2. The van der Waals surface area contributed by atoms with Crippen molar-refractivity contribution in [3.05, 3.63) is 65.9 Å². The van der Waals surface area contributed by atoms with Gasteiger partial charge in [0.25, 0.3) is 10.1 Å². The number of hydrogen-bond donors (Lipinski definition) is 1. The zero-order chi connectivity index (χ0) is 14.6. The molecule has 2 heterocycles. The first kappa shape index (κ1) is 14.4. The fourth-order valence-corrected chi connectivity index (χ4v) is 2.56. The van der Waals surface area contributed by atoms with E-state index in [1.807, 2.05) is 18.2 Å². The molecule has 0 saturated carbocycles. The van der Waals surface area contributed by atoms with E-state index in [2.05, 4.69) is 0 Å². The van der Waals surface area contributed by atoms with Crippen LogP contribution in [-0.4, -0.2) is 18.7 Å². The highest BCUT2D eigenvalue weighted by Crippen LogP contribution is 2.15. The second-order valence-corrected chi connectivity index (χ2v) is 5.98. The Morgan fingerprint density at radius 3 is 2.45 bits per heavy atom. The third kappa shape index (κ3) is 4.01. The Bertz CT molecular complexity index is 674. The van der Waals surface area contributed by atoms with E-state index in [4.69, 9.17) is 4.55 Å². The second kappa shape index (κ2) is 5.98. The molecule has 0 aliphatic heterocycles. The maximum Gasteiger partial charge on any atom is 0.265 e. The average molecular weight is 295 g/mol. The van der Waals surface area contributed by atoms with E-state index in [1.165, 1.54) is 12.4 Å². The molecule has 0 spiro atoms. The number of hydrogen-bond acceptors (Lipinski definition) is 3. The minimum atomic E-state index is -4.04. The lowest BCUT2D eigenvalue weighted by Gasteiger charge is -2.11. The largest absolute Gasteiger partial charge is 0.619 e. The molecule has 20 heavy (non-hydrogen) atoms. The quantitative estimate of drug-likeness (QED) is 0.494. The van der Waals surface area contributed by atoms with Crippen LogP contribution in [0.4, 0.5) is 0 Å². The van der Waals surface area contributed by atoms with Crippen molar-refractivity contribution in [2.24, 2.45) is 0 Å². The first-order chi connectivity index (χ1) is 9.46. The van der Waals surface area contributed by atoms with Crippen LogP contribution in [0.1, 0.15) is 18.0 Å². The molecule has 6 nitrogen and oxygen atoms in total. The molecule has 0 amide bonds. The molecular weight excluding hydrogens is 280 g/mol. The normalized spacial score (nSPS) is 13.1. The Morgan fingerprint density at radius 2 is 1.85 bits per heavy atom. The topological polar surface area (TPSA) is 85.2 Å². The molecule has 0 bridgehead atoms. The molecule has 0 aromatic carbocycles. The summed E-state index contributed by atoms with van der Waals surface area (Å²) in [5.74, 6) is -0.368. The Labute approximate surface area is 117 Å². The SMILES string of the molecule is O=S(=O)(O)CCC(c1ccc[n+]([O-])c1)[n+]1ccccc1. The van der Waals surface area contributed by atoms with Crippen LogP contribution in [0.25, 0.3) is 0 Å². The molecule has 0 aliphatic carbocycles. The Hall–Kier alpha value is -1.99. The summed E-state index contributed by atoms with van der Waals surface area (Å²) in [5, 5.41) is 11.4. The average Bonchev–Trinajstić information content (AvgIpc) is 2.39. The van der Waals surface area contributed by atoms with Crippen LogP contribution in [0.5, 0.6) is 0 Å². The van der Waals surface area contributed by atoms with E-state index >= 15 is 0 Å².